The van der Waals surface area contributed by atoms with E-state index in [1.165, 1.54) is 0 Å². The van der Waals surface area contributed by atoms with Gasteiger partial charge in [0.15, 0.2) is 0 Å². The van der Waals surface area contributed by atoms with Gasteiger partial charge in [0.25, 0.3) is 0 Å². The molecule has 5 aromatic carbocycles. The van der Waals surface area contributed by atoms with Gasteiger partial charge in [0.2, 0.25) is 11.6 Å². The van der Waals surface area contributed by atoms with Crippen LogP contribution < -0.4 is 0 Å². The fourth-order valence-corrected chi connectivity index (χ4v) is 7.14. The predicted molar refractivity (Wildman–Crippen MR) is 187 cm³/mol. The van der Waals surface area contributed by atoms with E-state index in [4.69, 9.17) is 14.4 Å². The van der Waals surface area contributed by atoms with Gasteiger partial charge in [0.1, 0.15) is 11.2 Å². The van der Waals surface area contributed by atoms with Gasteiger partial charge in [-0.2, -0.15) is 0 Å². The smallest absolute Gasteiger partial charge is 0.220 e. The minimum absolute atomic E-state index is 0.835. The van der Waals surface area contributed by atoms with Crippen molar-refractivity contribution >= 4 is 78.7 Å². The highest BCUT2D eigenvalue weighted by atomic mass is 16.3. The molecule has 5 aromatic heterocycles. The number of fused-ring (bicyclic) bond motifs is 11. The van der Waals surface area contributed by atoms with Crippen LogP contribution in [0.15, 0.2) is 126 Å². The molecule has 0 saturated heterocycles. The predicted octanol–water partition coefficient (Wildman–Crippen LogP) is 9.60. The van der Waals surface area contributed by atoms with E-state index in [1.54, 1.807) is 0 Å². The van der Waals surface area contributed by atoms with Crippen molar-refractivity contribution in [3.63, 3.8) is 0 Å². The minimum Gasteiger partial charge on any atom is -0.456 e. The fraction of sp³-hybridized carbons (Fsp3) is 0.0256. The van der Waals surface area contributed by atoms with E-state index in [-0.39, 0.29) is 0 Å². The van der Waals surface area contributed by atoms with Crippen LogP contribution in [0.5, 0.6) is 0 Å². The zero-order valence-electron chi connectivity index (χ0n) is 24.9. The maximum Gasteiger partial charge on any atom is 0.220 e. The summed E-state index contributed by atoms with van der Waals surface area (Å²) in [5, 5.41) is 2.08. The average molecular weight is 595 g/mol. The average Bonchev–Trinajstić information content (AvgIpc) is 3.87. The first-order chi connectivity index (χ1) is 22.7. The molecule has 0 spiro atoms. The fourth-order valence-electron chi connectivity index (χ4n) is 7.14. The summed E-state index contributed by atoms with van der Waals surface area (Å²) in [6, 6.07) is 37.9. The monoisotopic (exact) mass is 594 g/mol. The van der Waals surface area contributed by atoms with E-state index in [0.29, 0.717) is 0 Å². The zero-order chi connectivity index (χ0) is 30.5. The number of benzene rings is 5. The first-order valence-electron chi connectivity index (χ1n) is 15.3. The second kappa shape index (κ2) is 9.09. The van der Waals surface area contributed by atoms with Gasteiger partial charge in [-0.3, -0.25) is 17.9 Å². The molecule has 0 aliphatic rings. The summed E-state index contributed by atoms with van der Waals surface area (Å²) in [4.78, 5) is 10.1. The van der Waals surface area contributed by atoms with E-state index in [2.05, 4.69) is 128 Å². The standard InChI is InChI=1S/C39H26N6O/c1-3-11-28-30(4-2)44-34-16-9-7-14-32(34)42(38(44)40-28)24-18-20-36-26(22-24)27-23-25(19-21-37(27)46-36)43-33-15-8-10-17-35(33)45-31-13-6-5-12-29(31)41-39(43)45/h3-23H,2H2,1H3/b11-3-. The summed E-state index contributed by atoms with van der Waals surface area (Å²) in [5.74, 6) is 1.72. The summed E-state index contributed by atoms with van der Waals surface area (Å²) >= 11 is 0. The van der Waals surface area contributed by atoms with Gasteiger partial charge in [-0.1, -0.05) is 49.1 Å². The van der Waals surface area contributed by atoms with Crippen molar-refractivity contribution in [1.29, 1.82) is 0 Å². The van der Waals surface area contributed by atoms with Crippen LogP contribution in [-0.2, 0) is 0 Å². The topological polar surface area (TPSA) is 57.6 Å². The number of rotatable bonds is 4. The normalized spacial score (nSPS) is 12.5. The summed E-state index contributed by atoms with van der Waals surface area (Å²) in [6.07, 6.45) is 5.92. The first-order valence-corrected chi connectivity index (χ1v) is 15.3. The number of hydrogen-bond acceptors (Lipinski definition) is 3. The van der Waals surface area contributed by atoms with Crippen LogP contribution in [0.3, 0.4) is 0 Å². The highest BCUT2D eigenvalue weighted by Gasteiger charge is 2.21. The third-order valence-corrected chi connectivity index (χ3v) is 9.06. The summed E-state index contributed by atoms with van der Waals surface area (Å²) in [6.45, 7) is 6.11. The van der Waals surface area contributed by atoms with Crippen molar-refractivity contribution in [2.75, 3.05) is 0 Å². The van der Waals surface area contributed by atoms with Crippen molar-refractivity contribution in [2.45, 2.75) is 6.92 Å². The number of furan rings is 1. The van der Waals surface area contributed by atoms with Crippen LogP contribution >= 0.6 is 0 Å². The molecule has 5 heterocycles. The quantitative estimate of drug-likeness (QED) is 0.204. The Morgan fingerprint density at radius 3 is 1.76 bits per heavy atom. The zero-order valence-corrected chi connectivity index (χ0v) is 24.9. The van der Waals surface area contributed by atoms with Crippen LogP contribution in [-0.4, -0.2) is 27.9 Å². The van der Waals surface area contributed by atoms with Gasteiger partial charge in [0.05, 0.1) is 55.9 Å². The Kier molecular flexibility index (Phi) is 4.95. The lowest BCUT2D eigenvalue weighted by atomic mass is 10.1. The highest BCUT2D eigenvalue weighted by molar-refractivity contribution is 6.07. The molecule has 0 amide bonds. The molecule has 0 N–H and O–H groups in total. The highest BCUT2D eigenvalue weighted by Crippen LogP contribution is 2.36. The Labute approximate surface area is 262 Å². The molecular formula is C39H26N6O. The summed E-state index contributed by atoms with van der Waals surface area (Å²) in [7, 11) is 0. The molecule has 0 saturated carbocycles. The van der Waals surface area contributed by atoms with Gasteiger partial charge in [-0.05, 0) is 91.9 Å². The van der Waals surface area contributed by atoms with E-state index in [0.717, 1.165) is 89.4 Å². The molecule has 0 aliphatic heterocycles. The summed E-state index contributed by atoms with van der Waals surface area (Å²) in [5.41, 5.74) is 12.0. The first kappa shape index (κ1) is 25.0. The van der Waals surface area contributed by atoms with E-state index >= 15 is 0 Å². The largest absolute Gasteiger partial charge is 0.456 e. The van der Waals surface area contributed by atoms with E-state index in [1.807, 2.05) is 31.2 Å². The Hall–Kier alpha value is -6.34. The van der Waals surface area contributed by atoms with Crippen molar-refractivity contribution in [3.05, 3.63) is 133 Å². The summed E-state index contributed by atoms with van der Waals surface area (Å²) < 4.78 is 15.3. The molecule has 0 aliphatic carbocycles. The molecule has 10 aromatic rings. The molecule has 10 rings (SSSR count). The number of imidazole rings is 4. The number of aromatic nitrogens is 6. The lowest BCUT2D eigenvalue weighted by Crippen LogP contribution is -1.95. The van der Waals surface area contributed by atoms with Crippen LogP contribution in [0.4, 0.5) is 0 Å². The van der Waals surface area contributed by atoms with Crippen molar-refractivity contribution in [2.24, 2.45) is 0 Å². The molecule has 0 atom stereocenters. The van der Waals surface area contributed by atoms with Crippen LogP contribution in [0.2, 0.25) is 0 Å². The SMILES string of the molecule is C=Cc1c(/C=C\C)nc2n(-c3ccc4oc5ccc(-n6c7ccccc7n7c8ccccc8nc67)cc5c4c3)c3ccccc3n12. The molecule has 0 bridgehead atoms. The second-order valence-corrected chi connectivity index (χ2v) is 11.6. The molecule has 0 fully saturated rings. The maximum absolute atomic E-state index is 6.39. The van der Waals surface area contributed by atoms with Gasteiger partial charge in [-0.25, -0.2) is 9.97 Å². The number of nitrogens with zero attached hydrogens (tertiary/aromatic N) is 6. The molecule has 7 nitrogen and oxygen atoms in total. The van der Waals surface area contributed by atoms with Crippen LogP contribution in [0.1, 0.15) is 18.3 Å². The second-order valence-electron chi connectivity index (χ2n) is 11.6. The van der Waals surface area contributed by atoms with Crippen LogP contribution in [0, 0.1) is 0 Å². The third kappa shape index (κ3) is 3.21. The molecule has 0 radical (unpaired) electrons. The molecule has 7 heteroatoms. The van der Waals surface area contributed by atoms with Gasteiger partial charge in [-0.15, -0.1) is 0 Å². The van der Waals surface area contributed by atoms with Gasteiger partial charge >= 0.3 is 0 Å². The van der Waals surface area contributed by atoms with Crippen molar-refractivity contribution < 1.29 is 4.42 Å². The van der Waals surface area contributed by atoms with E-state index < -0.39 is 0 Å². The van der Waals surface area contributed by atoms with Crippen LogP contribution in [0.25, 0.3) is 90.1 Å². The lowest BCUT2D eigenvalue weighted by molar-refractivity contribution is 0.669. The Balaban J connectivity index is 1.24. The molecule has 218 valence electrons. The molecular weight excluding hydrogens is 568 g/mol. The lowest BCUT2D eigenvalue weighted by Gasteiger charge is -2.06. The van der Waals surface area contributed by atoms with E-state index in [9.17, 15) is 0 Å². The van der Waals surface area contributed by atoms with Crippen molar-refractivity contribution in [1.82, 2.24) is 27.9 Å². The number of allylic oxidation sites excluding steroid dienone is 1. The molecule has 0 unspecified atom stereocenters. The Morgan fingerprint density at radius 2 is 1.15 bits per heavy atom. The van der Waals surface area contributed by atoms with Gasteiger partial charge in [0, 0.05) is 10.8 Å². The number of para-hydroxylation sites is 6. The van der Waals surface area contributed by atoms with Gasteiger partial charge < -0.3 is 4.42 Å². The maximum atomic E-state index is 6.39. The Bertz CT molecular complexity index is 2900. The molecule has 46 heavy (non-hydrogen) atoms. The Morgan fingerprint density at radius 1 is 0.609 bits per heavy atom. The van der Waals surface area contributed by atoms with Crippen molar-refractivity contribution in [3.8, 4) is 11.4 Å². The minimum atomic E-state index is 0.835. The number of hydrogen-bond donors (Lipinski definition) is 0. The third-order valence-electron chi connectivity index (χ3n) is 9.06.